The molecule has 1 aliphatic heterocycles. The predicted molar refractivity (Wildman–Crippen MR) is 138 cm³/mol. The van der Waals surface area contributed by atoms with E-state index in [1.54, 1.807) is 26.8 Å². The zero-order chi connectivity index (χ0) is 30.1. The lowest BCUT2D eigenvalue weighted by Gasteiger charge is -2.20. The second-order valence-electron chi connectivity index (χ2n) is 8.39. The summed E-state index contributed by atoms with van der Waals surface area (Å²) in [4.78, 5) is 17.5. The number of aromatic hydroxyl groups is 1. The average Bonchev–Trinajstić information content (AvgIpc) is 3.05. The summed E-state index contributed by atoms with van der Waals surface area (Å²) in [6.07, 6.45) is -3.23. The number of ether oxygens (including phenoxy) is 1. The minimum absolute atomic E-state index is 0.0689. The van der Waals surface area contributed by atoms with Crippen LogP contribution in [0.3, 0.4) is 0 Å². The first-order chi connectivity index (χ1) is 17.8. The van der Waals surface area contributed by atoms with Crippen molar-refractivity contribution in [3.63, 3.8) is 0 Å². The van der Waals surface area contributed by atoms with Crippen molar-refractivity contribution in [3.8, 4) is 5.75 Å². The smallest absolute Gasteiger partial charge is 0.417 e. The number of nitrogens with two attached hydrogens (primary N) is 1. The van der Waals surface area contributed by atoms with Crippen molar-refractivity contribution < 1.29 is 44.6 Å². The van der Waals surface area contributed by atoms with Gasteiger partial charge in [-0.1, -0.05) is 13.5 Å². The fraction of sp³-hybridized carbons (Fsp3) is 0.364. The van der Waals surface area contributed by atoms with Gasteiger partial charge in [0.25, 0.3) is 26.0 Å². The summed E-state index contributed by atoms with van der Waals surface area (Å²) < 4.78 is 96.9. The number of amidine groups is 1. The summed E-state index contributed by atoms with van der Waals surface area (Å²) in [6, 6.07) is 0.227. The largest absolute Gasteiger partial charge is 0.505 e. The van der Waals surface area contributed by atoms with Gasteiger partial charge in [0.15, 0.2) is 11.6 Å². The quantitative estimate of drug-likeness (QED) is 0.248. The molecule has 0 aliphatic carbocycles. The maximum absolute atomic E-state index is 13.6. The summed E-state index contributed by atoms with van der Waals surface area (Å²) in [7, 11) is -7.55. The van der Waals surface area contributed by atoms with Crippen LogP contribution in [0.25, 0.3) is 0 Å². The van der Waals surface area contributed by atoms with Crippen molar-refractivity contribution in [2.45, 2.75) is 39.4 Å². The Balaban J connectivity index is 2.82. The Hall–Kier alpha value is -3.57. The Labute approximate surface area is 223 Å². The van der Waals surface area contributed by atoms with Gasteiger partial charge in [0, 0.05) is 14.1 Å². The zero-order valence-electron chi connectivity index (χ0n) is 21.5. The first kappa shape index (κ1) is 31.6. The van der Waals surface area contributed by atoms with Crippen molar-refractivity contribution in [2.75, 3.05) is 19.4 Å². The Morgan fingerprint density at radius 1 is 1.36 bits per heavy atom. The number of carbonyl (C=O) groups excluding carboxylic acids is 1. The highest BCUT2D eigenvalue weighted by molar-refractivity contribution is 8.13. The predicted octanol–water partition coefficient (Wildman–Crippen LogP) is 2.55. The van der Waals surface area contributed by atoms with Gasteiger partial charge in [0.05, 0.1) is 22.6 Å². The molecule has 12 nitrogen and oxygen atoms in total. The number of rotatable bonds is 9. The number of alkyl halides is 3. The first-order valence-electron chi connectivity index (χ1n) is 11.1. The maximum atomic E-state index is 13.6. The third kappa shape index (κ3) is 6.90. The molecule has 17 heteroatoms. The molecular weight excluding hydrogens is 567 g/mol. The Kier molecular flexibility index (Phi) is 9.15. The van der Waals surface area contributed by atoms with Crippen LogP contribution in [0.2, 0.25) is 0 Å². The van der Waals surface area contributed by atoms with Crippen LogP contribution < -0.4 is 15.2 Å². The van der Waals surface area contributed by atoms with Crippen LogP contribution in [-0.4, -0.2) is 58.7 Å². The molecule has 0 unspecified atom stereocenters. The van der Waals surface area contributed by atoms with Gasteiger partial charge in [-0.2, -0.15) is 13.2 Å². The highest BCUT2D eigenvalue weighted by atomic mass is 32.3. The van der Waals surface area contributed by atoms with Crippen molar-refractivity contribution in [2.24, 2.45) is 10.1 Å². The van der Waals surface area contributed by atoms with E-state index in [4.69, 9.17) is 9.88 Å². The molecule has 2 rings (SSSR count). The van der Waals surface area contributed by atoms with Crippen molar-refractivity contribution >= 4 is 37.5 Å². The third-order valence-corrected chi connectivity index (χ3v) is 8.51. The summed E-state index contributed by atoms with van der Waals surface area (Å²) in [5.41, 5.74) is -4.07. The number of primary sulfonamides is 1. The monoisotopic (exact) mass is 595 g/mol. The number of phenolic OH excluding ortho intramolecular Hbond substituents is 1. The number of hydrogen-bond acceptors (Lipinski definition) is 9. The van der Waals surface area contributed by atoms with Crippen LogP contribution >= 0.6 is 0 Å². The van der Waals surface area contributed by atoms with Gasteiger partial charge in [-0.05, 0) is 38.5 Å². The Morgan fingerprint density at radius 2 is 1.95 bits per heavy atom. The molecule has 0 radical (unpaired) electrons. The maximum Gasteiger partial charge on any atom is 0.417 e. The normalized spacial score (nSPS) is 17.6. The SMILES string of the molecule is C=C(O/C(C)=C\C)[C@@H](CC)N=C1NS(=O)(=O)C(S(N)(=O)=O)=C1Nc1ccc(C(F)(F)F)c(C(=O)N(C)C)c1O. The number of halogens is 3. The van der Waals surface area contributed by atoms with Crippen molar-refractivity contribution in [1.29, 1.82) is 0 Å². The molecule has 0 spiro atoms. The van der Waals surface area contributed by atoms with E-state index >= 15 is 0 Å². The molecule has 0 fully saturated rings. The fourth-order valence-corrected chi connectivity index (χ4v) is 6.03. The molecule has 1 aromatic carbocycles. The lowest BCUT2D eigenvalue weighted by Crippen LogP contribution is -2.29. The summed E-state index contributed by atoms with van der Waals surface area (Å²) in [5.74, 6) is -2.54. The van der Waals surface area contributed by atoms with Crippen LogP contribution in [0.5, 0.6) is 5.75 Å². The van der Waals surface area contributed by atoms with E-state index in [-0.39, 0.29) is 12.2 Å². The van der Waals surface area contributed by atoms with E-state index in [1.807, 2.05) is 4.72 Å². The fourth-order valence-electron chi connectivity index (χ4n) is 3.34. The Morgan fingerprint density at radius 3 is 2.41 bits per heavy atom. The minimum Gasteiger partial charge on any atom is -0.505 e. The lowest BCUT2D eigenvalue weighted by molar-refractivity contribution is -0.138. The van der Waals surface area contributed by atoms with Crippen LogP contribution in [0.4, 0.5) is 18.9 Å². The van der Waals surface area contributed by atoms with Crippen LogP contribution in [0.1, 0.15) is 43.1 Å². The van der Waals surface area contributed by atoms with E-state index in [9.17, 15) is 39.9 Å². The standard InChI is InChI=1S/C22H28F3N5O7S2/c1-7-11(3)37-12(4)14(8-2)28-19-17(21(38(26,33)34)39(35,36)29-19)27-15-10-9-13(22(23,24)25)16(18(15)31)20(32)30(5)6/h7,9-10,14,27,31H,4,8H2,1-3,5-6H3,(H,28,29)(H2,26,33,34)/b11-7-/t14-/m1/s1. The number of amides is 1. The highest BCUT2D eigenvalue weighted by Crippen LogP contribution is 2.41. The number of anilines is 1. The number of nitrogens with zero attached hydrogens (tertiary/aromatic N) is 2. The minimum atomic E-state index is -5.05. The van der Waals surface area contributed by atoms with Gasteiger partial charge < -0.3 is 20.1 Å². The first-order valence-corrected chi connectivity index (χ1v) is 14.1. The lowest BCUT2D eigenvalue weighted by atomic mass is 10.0. The summed E-state index contributed by atoms with van der Waals surface area (Å²) in [6.45, 7) is 8.71. The van der Waals surface area contributed by atoms with Crippen LogP contribution in [-0.2, 0) is 31.0 Å². The van der Waals surface area contributed by atoms with Gasteiger partial charge in [-0.25, -0.2) is 22.0 Å². The summed E-state index contributed by atoms with van der Waals surface area (Å²) in [5, 5.41) is 18.1. The molecule has 0 aromatic heterocycles. The zero-order valence-corrected chi connectivity index (χ0v) is 23.2. The molecule has 1 atom stereocenters. The molecule has 1 amide bonds. The van der Waals surface area contributed by atoms with Crippen LogP contribution in [0.15, 0.2) is 51.2 Å². The molecule has 0 saturated heterocycles. The number of allylic oxidation sites excluding steroid dienone is 2. The number of phenols is 1. The van der Waals surface area contributed by atoms with Gasteiger partial charge in [-0.15, -0.1) is 0 Å². The molecule has 1 aromatic rings. The van der Waals surface area contributed by atoms with E-state index in [0.717, 1.165) is 19.0 Å². The number of benzene rings is 1. The molecule has 1 aliphatic rings. The molecule has 1 heterocycles. The van der Waals surface area contributed by atoms with Crippen molar-refractivity contribution in [1.82, 2.24) is 9.62 Å². The average molecular weight is 596 g/mol. The number of sulfonamides is 2. The van der Waals surface area contributed by atoms with Crippen LogP contribution in [0, 0.1) is 0 Å². The van der Waals surface area contributed by atoms with E-state index in [1.165, 1.54) is 0 Å². The second kappa shape index (κ2) is 11.3. The van der Waals surface area contributed by atoms with E-state index in [0.29, 0.717) is 17.9 Å². The number of hydrogen-bond donors (Lipinski definition) is 4. The number of carbonyl (C=O) groups is 1. The topological polar surface area (TPSA) is 180 Å². The second-order valence-corrected chi connectivity index (χ2v) is 11.8. The third-order valence-electron chi connectivity index (χ3n) is 5.28. The van der Waals surface area contributed by atoms with Gasteiger partial charge in [-0.3, -0.25) is 14.5 Å². The highest BCUT2D eigenvalue weighted by Gasteiger charge is 2.43. The van der Waals surface area contributed by atoms with Gasteiger partial charge in [0.1, 0.15) is 17.5 Å². The molecule has 39 heavy (non-hydrogen) atoms. The number of nitrogens with one attached hydrogen (secondary N) is 2. The van der Waals surface area contributed by atoms with Crippen molar-refractivity contribution in [3.05, 3.63) is 57.4 Å². The molecule has 216 valence electrons. The molecule has 5 N–H and O–H groups in total. The molecule has 0 bridgehead atoms. The number of aliphatic imine (C=N–C) groups is 1. The van der Waals surface area contributed by atoms with E-state index in [2.05, 4.69) is 16.9 Å². The van der Waals surface area contributed by atoms with E-state index < -0.39 is 76.5 Å². The van der Waals surface area contributed by atoms with Gasteiger partial charge in [0.2, 0.25) is 4.24 Å². The Bertz CT molecular complexity index is 1500. The summed E-state index contributed by atoms with van der Waals surface area (Å²) >= 11 is 0. The molecule has 0 saturated carbocycles. The molecular formula is C22H28F3N5O7S2. The van der Waals surface area contributed by atoms with Gasteiger partial charge >= 0.3 is 6.18 Å².